The highest BCUT2D eigenvalue weighted by atomic mass is 16.1. The number of anilines is 1. The number of H-pyrrole nitrogens is 1. The fourth-order valence-electron chi connectivity index (χ4n) is 4.19. The molecule has 2 saturated heterocycles. The Labute approximate surface area is 137 Å². The van der Waals surface area contributed by atoms with E-state index < -0.39 is 0 Å². The summed E-state index contributed by atoms with van der Waals surface area (Å²) in [5, 5.41) is 1.13. The number of pyridine rings is 1. The van der Waals surface area contributed by atoms with Crippen LogP contribution in [0, 0.1) is 6.92 Å². The van der Waals surface area contributed by atoms with E-state index in [9.17, 15) is 4.79 Å². The number of rotatable bonds is 3. The van der Waals surface area contributed by atoms with Crippen LogP contribution in [0.1, 0.15) is 31.2 Å². The third kappa shape index (κ3) is 2.76. The van der Waals surface area contributed by atoms with Crippen molar-refractivity contribution in [1.29, 1.82) is 0 Å². The predicted molar refractivity (Wildman–Crippen MR) is 95.3 cm³/mol. The third-order valence-electron chi connectivity index (χ3n) is 5.42. The van der Waals surface area contributed by atoms with E-state index in [-0.39, 0.29) is 5.56 Å². The lowest BCUT2D eigenvalue weighted by molar-refractivity contribution is 0.313. The summed E-state index contributed by atoms with van der Waals surface area (Å²) in [6, 6.07) is 8.77. The summed E-state index contributed by atoms with van der Waals surface area (Å²) in [7, 11) is 0. The fourth-order valence-corrected chi connectivity index (χ4v) is 4.19. The highest BCUT2D eigenvalue weighted by molar-refractivity contribution is 5.84. The number of nitrogens with one attached hydrogen (secondary N) is 1. The van der Waals surface area contributed by atoms with E-state index in [1.165, 1.54) is 38.8 Å². The number of hydrogen-bond acceptors (Lipinski definition) is 3. The number of aryl methyl sites for hydroxylation is 1. The molecule has 2 aromatic rings. The first-order valence-corrected chi connectivity index (χ1v) is 8.84. The van der Waals surface area contributed by atoms with Crippen molar-refractivity contribution in [3.05, 3.63) is 40.2 Å². The maximum Gasteiger partial charge on any atom is 0.271 e. The average molecular weight is 311 g/mol. The second kappa shape index (κ2) is 6.00. The summed E-state index contributed by atoms with van der Waals surface area (Å²) in [5.41, 5.74) is 3.00. The molecule has 4 heteroatoms. The SMILES string of the molecule is Cc1cccc2cc(N3CCCC3CN3CCCC3)c(=O)[nH]c12. The minimum absolute atomic E-state index is 0.0557. The van der Waals surface area contributed by atoms with Crippen LogP contribution in [0.2, 0.25) is 0 Å². The van der Waals surface area contributed by atoms with Crippen molar-refractivity contribution in [2.24, 2.45) is 0 Å². The number of hydrogen-bond donors (Lipinski definition) is 1. The van der Waals surface area contributed by atoms with Gasteiger partial charge in [0.25, 0.3) is 5.56 Å². The first kappa shape index (κ1) is 14.8. The standard InChI is InChI=1S/C19H25N3O/c1-14-6-4-7-15-12-17(19(23)20-18(14)15)22-11-5-8-16(22)13-21-9-2-3-10-21/h4,6-7,12,16H,2-3,5,8-11,13H2,1H3,(H,20,23). The Morgan fingerprint density at radius 2 is 2.00 bits per heavy atom. The van der Waals surface area contributed by atoms with Crippen molar-refractivity contribution in [3.8, 4) is 0 Å². The zero-order valence-electron chi connectivity index (χ0n) is 13.8. The topological polar surface area (TPSA) is 39.3 Å². The van der Waals surface area contributed by atoms with Crippen LogP contribution >= 0.6 is 0 Å². The van der Waals surface area contributed by atoms with Gasteiger partial charge in [-0.2, -0.15) is 0 Å². The Morgan fingerprint density at radius 1 is 1.17 bits per heavy atom. The first-order valence-electron chi connectivity index (χ1n) is 8.84. The molecule has 122 valence electrons. The first-order chi connectivity index (χ1) is 11.2. The minimum Gasteiger partial charge on any atom is -0.363 e. The molecule has 0 saturated carbocycles. The van der Waals surface area contributed by atoms with E-state index in [0.717, 1.165) is 35.2 Å². The molecule has 1 unspecified atom stereocenters. The molecule has 4 nitrogen and oxygen atoms in total. The zero-order chi connectivity index (χ0) is 15.8. The van der Waals surface area contributed by atoms with E-state index >= 15 is 0 Å². The van der Waals surface area contributed by atoms with Crippen LogP contribution in [-0.4, -0.2) is 42.1 Å². The molecule has 0 amide bonds. The zero-order valence-corrected chi connectivity index (χ0v) is 13.8. The van der Waals surface area contributed by atoms with Gasteiger partial charge in [-0.1, -0.05) is 18.2 Å². The van der Waals surface area contributed by atoms with Gasteiger partial charge in [0, 0.05) is 24.5 Å². The van der Waals surface area contributed by atoms with Gasteiger partial charge >= 0.3 is 0 Å². The van der Waals surface area contributed by atoms with E-state index in [1.807, 2.05) is 13.0 Å². The molecule has 0 bridgehead atoms. The summed E-state index contributed by atoms with van der Waals surface area (Å²) < 4.78 is 0. The largest absolute Gasteiger partial charge is 0.363 e. The second-order valence-corrected chi connectivity index (χ2v) is 7.02. The second-order valence-electron chi connectivity index (χ2n) is 7.02. The number of nitrogens with zero attached hydrogens (tertiary/aromatic N) is 2. The molecule has 1 N–H and O–H groups in total. The van der Waals surface area contributed by atoms with Gasteiger partial charge in [0.05, 0.1) is 5.52 Å². The number of likely N-dealkylation sites (tertiary alicyclic amines) is 1. The monoisotopic (exact) mass is 311 g/mol. The highest BCUT2D eigenvalue weighted by Gasteiger charge is 2.29. The lowest BCUT2D eigenvalue weighted by Crippen LogP contribution is -2.41. The van der Waals surface area contributed by atoms with Crippen molar-refractivity contribution < 1.29 is 0 Å². The summed E-state index contributed by atoms with van der Waals surface area (Å²) in [4.78, 5) is 20.7. The smallest absolute Gasteiger partial charge is 0.271 e. The van der Waals surface area contributed by atoms with Gasteiger partial charge in [-0.15, -0.1) is 0 Å². The van der Waals surface area contributed by atoms with Crippen molar-refractivity contribution >= 4 is 16.6 Å². The number of benzene rings is 1. The normalized spacial score (nSPS) is 22.3. The highest BCUT2D eigenvalue weighted by Crippen LogP contribution is 2.27. The van der Waals surface area contributed by atoms with Crippen LogP contribution in [0.25, 0.3) is 10.9 Å². The summed E-state index contributed by atoms with van der Waals surface area (Å²) in [6.07, 6.45) is 5.02. The van der Waals surface area contributed by atoms with Crippen LogP contribution in [0.3, 0.4) is 0 Å². The number of aromatic amines is 1. The molecule has 0 spiro atoms. The molecule has 4 rings (SSSR count). The third-order valence-corrected chi connectivity index (χ3v) is 5.42. The summed E-state index contributed by atoms with van der Waals surface area (Å²) in [6.45, 7) is 6.59. The maximum atomic E-state index is 12.6. The van der Waals surface area contributed by atoms with Gasteiger partial charge in [0.1, 0.15) is 5.69 Å². The Hall–Kier alpha value is -1.81. The molecule has 23 heavy (non-hydrogen) atoms. The molecule has 3 heterocycles. The summed E-state index contributed by atoms with van der Waals surface area (Å²) >= 11 is 0. The lowest BCUT2D eigenvalue weighted by Gasteiger charge is -2.29. The molecular formula is C19H25N3O. The molecule has 1 atom stereocenters. The van der Waals surface area contributed by atoms with Crippen molar-refractivity contribution in [2.75, 3.05) is 31.1 Å². The van der Waals surface area contributed by atoms with Crippen LogP contribution in [-0.2, 0) is 0 Å². The molecule has 0 aliphatic carbocycles. The van der Waals surface area contributed by atoms with Crippen molar-refractivity contribution in [1.82, 2.24) is 9.88 Å². The molecule has 0 radical (unpaired) electrons. The fraction of sp³-hybridized carbons (Fsp3) is 0.526. The molecule has 2 aliphatic rings. The van der Waals surface area contributed by atoms with Gasteiger partial charge in [-0.05, 0) is 57.3 Å². The molecule has 2 aliphatic heterocycles. The number of para-hydroxylation sites is 1. The van der Waals surface area contributed by atoms with Crippen molar-refractivity contribution in [3.63, 3.8) is 0 Å². The molecule has 1 aromatic heterocycles. The lowest BCUT2D eigenvalue weighted by atomic mass is 10.1. The Morgan fingerprint density at radius 3 is 2.83 bits per heavy atom. The summed E-state index contributed by atoms with van der Waals surface area (Å²) in [5.74, 6) is 0. The van der Waals surface area contributed by atoms with Gasteiger partial charge in [0.2, 0.25) is 0 Å². The quantitative estimate of drug-likeness (QED) is 0.947. The Bertz CT molecular complexity index is 761. The van der Waals surface area contributed by atoms with E-state index in [0.29, 0.717) is 6.04 Å². The van der Waals surface area contributed by atoms with Crippen LogP contribution in [0.15, 0.2) is 29.1 Å². The number of fused-ring (bicyclic) bond motifs is 1. The Kier molecular flexibility index (Phi) is 3.85. The van der Waals surface area contributed by atoms with Crippen LogP contribution in [0.5, 0.6) is 0 Å². The average Bonchev–Trinajstić information content (AvgIpc) is 3.20. The number of aromatic nitrogens is 1. The van der Waals surface area contributed by atoms with E-state index in [2.05, 4.69) is 33.0 Å². The van der Waals surface area contributed by atoms with Gasteiger partial charge in [-0.25, -0.2) is 0 Å². The van der Waals surface area contributed by atoms with E-state index in [1.54, 1.807) is 0 Å². The Balaban J connectivity index is 1.67. The molecule has 2 fully saturated rings. The van der Waals surface area contributed by atoms with Crippen LogP contribution < -0.4 is 10.5 Å². The van der Waals surface area contributed by atoms with E-state index in [4.69, 9.17) is 0 Å². The van der Waals surface area contributed by atoms with Crippen molar-refractivity contribution in [2.45, 2.75) is 38.6 Å². The van der Waals surface area contributed by atoms with Gasteiger partial charge in [-0.3, -0.25) is 4.79 Å². The van der Waals surface area contributed by atoms with Gasteiger partial charge < -0.3 is 14.8 Å². The molecular weight excluding hydrogens is 286 g/mol. The van der Waals surface area contributed by atoms with Crippen LogP contribution in [0.4, 0.5) is 5.69 Å². The maximum absolute atomic E-state index is 12.6. The minimum atomic E-state index is 0.0557. The predicted octanol–water partition coefficient (Wildman–Crippen LogP) is 2.90. The molecule has 1 aromatic carbocycles. The van der Waals surface area contributed by atoms with Gasteiger partial charge in [0.15, 0.2) is 0 Å².